The van der Waals surface area contributed by atoms with Crippen LogP contribution >= 0.6 is 0 Å². The van der Waals surface area contributed by atoms with Gasteiger partial charge in [0.15, 0.2) is 0 Å². The van der Waals surface area contributed by atoms with Crippen LogP contribution in [0.1, 0.15) is 31.4 Å². The van der Waals surface area contributed by atoms with Gasteiger partial charge in [0.25, 0.3) is 0 Å². The summed E-state index contributed by atoms with van der Waals surface area (Å²) in [5.41, 5.74) is 2.14. The van der Waals surface area contributed by atoms with Crippen molar-refractivity contribution in [1.29, 1.82) is 0 Å². The highest BCUT2D eigenvalue weighted by Gasteiger charge is 1.96. The Kier molecular flexibility index (Phi) is 4.17. The Hall–Kier alpha value is -1.31. The molecule has 0 aliphatic carbocycles. The summed E-state index contributed by atoms with van der Waals surface area (Å²) < 4.78 is 0. The molecule has 0 bridgehead atoms. The molecule has 2 nitrogen and oxygen atoms in total. The number of benzene rings is 1. The smallest absolute Gasteiger partial charge is 0.139 e. The molecule has 0 aliphatic heterocycles. The van der Waals surface area contributed by atoms with Gasteiger partial charge in [-0.15, -0.1) is 0 Å². The zero-order chi connectivity index (χ0) is 10.4. The third-order valence-corrected chi connectivity index (χ3v) is 2.12. The molecule has 0 amide bonds. The van der Waals surface area contributed by atoms with Crippen LogP contribution < -0.4 is 0 Å². The minimum absolute atomic E-state index is 0.159. The zero-order valence-electron chi connectivity index (χ0n) is 8.95. The summed E-state index contributed by atoms with van der Waals surface area (Å²) in [6.07, 6.45) is 4.00. The van der Waals surface area contributed by atoms with E-state index in [2.05, 4.69) is 18.3 Å². The van der Waals surface area contributed by atoms with E-state index in [1.165, 1.54) is 0 Å². The standard InChI is InChI=1S/C12H16NO/c1-4-11(3)14-13-9-12-8-6-5-7-10(12)2/h5-8,11H,4H2,1-3H3. The molecule has 2 heteroatoms. The van der Waals surface area contributed by atoms with Gasteiger partial charge >= 0.3 is 0 Å². The minimum Gasteiger partial charge on any atom is -0.392 e. The Morgan fingerprint density at radius 1 is 1.43 bits per heavy atom. The maximum absolute atomic E-state index is 5.16. The summed E-state index contributed by atoms with van der Waals surface area (Å²) in [4.78, 5) is 5.16. The van der Waals surface area contributed by atoms with Crippen LogP contribution in [0.5, 0.6) is 0 Å². The van der Waals surface area contributed by atoms with E-state index in [4.69, 9.17) is 4.84 Å². The molecule has 75 valence electrons. The monoisotopic (exact) mass is 190 g/mol. The summed E-state index contributed by atoms with van der Waals surface area (Å²) in [6.45, 7) is 6.08. The average molecular weight is 190 g/mol. The lowest BCUT2D eigenvalue weighted by atomic mass is 10.1. The second kappa shape index (κ2) is 5.43. The van der Waals surface area contributed by atoms with Gasteiger partial charge in [-0.05, 0) is 25.8 Å². The number of aryl methyl sites for hydroxylation is 1. The third kappa shape index (κ3) is 3.21. The Labute approximate surface area is 85.6 Å². The fourth-order valence-electron chi connectivity index (χ4n) is 0.938. The molecule has 1 rings (SSSR count). The summed E-state index contributed by atoms with van der Waals surface area (Å²) in [5.74, 6) is 0. The average Bonchev–Trinajstić information content (AvgIpc) is 2.20. The van der Waals surface area contributed by atoms with Crippen molar-refractivity contribution >= 4 is 6.21 Å². The Bertz CT molecular complexity index is 307. The Morgan fingerprint density at radius 3 is 2.79 bits per heavy atom. The molecule has 0 N–H and O–H groups in total. The van der Waals surface area contributed by atoms with Gasteiger partial charge < -0.3 is 4.84 Å². The predicted molar refractivity (Wildman–Crippen MR) is 58.6 cm³/mol. The summed E-state index contributed by atoms with van der Waals surface area (Å²) >= 11 is 0. The van der Waals surface area contributed by atoms with Gasteiger partial charge in [-0.1, -0.05) is 36.3 Å². The highest BCUT2D eigenvalue weighted by Crippen LogP contribution is 2.04. The topological polar surface area (TPSA) is 21.6 Å². The van der Waals surface area contributed by atoms with Gasteiger partial charge in [0.05, 0.1) is 0 Å². The van der Waals surface area contributed by atoms with E-state index in [0.29, 0.717) is 0 Å². The van der Waals surface area contributed by atoms with Crippen LogP contribution in [-0.2, 0) is 4.84 Å². The van der Waals surface area contributed by atoms with Gasteiger partial charge in [0.2, 0.25) is 0 Å². The van der Waals surface area contributed by atoms with Crippen molar-refractivity contribution in [2.24, 2.45) is 5.16 Å². The molecule has 1 atom stereocenters. The van der Waals surface area contributed by atoms with Gasteiger partial charge in [-0.3, -0.25) is 0 Å². The van der Waals surface area contributed by atoms with Gasteiger partial charge in [0, 0.05) is 5.56 Å². The minimum atomic E-state index is 0.159. The van der Waals surface area contributed by atoms with Crippen molar-refractivity contribution in [3.05, 3.63) is 35.4 Å². The van der Waals surface area contributed by atoms with Crippen LogP contribution in [-0.4, -0.2) is 12.3 Å². The van der Waals surface area contributed by atoms with Gasteiger partial charge in [0.1, 0.15) is 12.3 Å². The Balaban J connectivity index is 2.56. The molecule has 0 fully saturated rings. The number of nitrogens with zero attached hydrogens (tertiary/aromatic N) is 1. The van der Waals surface area contributed by atoms with Crippen LogP contribution in [0.2, 0.25) is 0 Å². The number of hydrogen-bond acceptors (Lipinski definition) is 2. The first-order valence-electron chi connectivity index (χ1n) is 4.91. The van der Waals surface area contributed by atoms with Crippen LogP contribution in [0.3, 0.4) is 0 Å². The van der Waals surface area contributed by atoms with E-state index < -0.39 is 0 Å². The van der Waals surface area contributed by atoms with E-state index in [0.717, 1.165) is 17.5 Å². The van der Waals surface area contributed by atoms with E-state index in [1.807, 2.05) is 38.1 Å². The summed E-state index contributed by atoms with van der Waals surface area (Å²) in [7, 11) is 0. The summed E-state index contributed by atoms with van der Waals surface area (Å²) in [6, 6.07) is 7.96. The quantitative estimate of drug-likeness (QED) is 0.528. The first-order chi connectivity index (χ1) is 6.74. The second-order valence-electron chi connectivity index (χ2n) is 3.34. The largest absolute Gasteiger partial charge is 0.392 e. The van der Waals surface area contributed by atoms with Gasteiger partial charge in [-0.2, -0.15) is 0 Å². The van der Waals surface area contributed by atoms with Crippen molar-refractivity contribution in [3.63, 3.8) is 0 Å². The first-order valence-corrected chi connectivity index (χ1v) is 4.91. The second-order valence-corrected chi connectivity index (χ2v) is 3.34. The summed E-state index contributed by atoms with van der Waals surface area (Å²) in [5, 5.41) is 3.82. The highest BCUT2D eigenvalue weighted by molar-refractivity contribution is 5.81. The fraction of sp³-hybridized carbons (Fsp3) is 0.417. The SMILES string of the molecule is CCC(C)O/N=[C]/c1ccccc1C. The molecule has 0 saturated carbocycles. The molecule has 1 radical (unpaired) electrons. The molecule has 14 heavy (non-hydrogen) atoms. The molecule has 0 spiro atoms. The van der Waals surface area contributed by atoms with E-state index in [-0.39, 0.29) is 6.10 Å². The van der Waals surface area contributed by atoms with Crippen molar-refractivity contribution in [2.75, 3.05) is 0 Å². The van der Waals surface area contributed by atoms with Crippen molar-refractivity contribution in [1.82, 2.24) is 0 Å². The normalized spacial score (nSPS) is 13.1. The molecule has 0 heterocycles. The molecule has 0 saturated heterocycles. The first kappa shape index (κ1) is 10.8. The molecule has 1 unspecified atom stereocenters. The molecular weight excluding hydrogens is 174 g/mol. The highest BCUT2D eigenvalue weighted by atomic mass is 16.6. The molecule has 1 aromatic rings. The number of rotatable bonds is 4. The lowest BCUT2D eigenvalue weighted by Crippen LogP contribution is -2.01. The van der Waals surface area contributed by atoms with Crippen LogP contribution in [0, 0.1) is 6.92 Å². The van der Waals surface area contributed by atoms with Crippen LogP contribution in [0.15, 0.2) is 29.4 Å². The van der Waals surface area contributed by atoms with E-state index >= 15 is 0 Å². The maximum atomic E-state index is 5.16. The lowest BCUT2D eigenvalue weighted by molar-refractivity contribution is 0.0712. The fourth-order valence-corrected chi connectivity index (χ4v) is 0.938. The molecule has 0 aromatic heterocycles. The lowest BCUT2D eigenvalue weighted by Gasteiger charge is -2.04. The molecular formula is C12H16NO. The maximum Gasteiger partial charge on any atom is 0.139 e. The van der Waals surface area contributed by atoms with Crippen molar-refractivity contribution < 1.29 is 4.84 Å². The Morgan fingerprint density at radius 2 is 2.14 bits per heavy atom. The van der Waals surface area contributed by atoms with E-state index in [9.17, 15) is 0 Å². The van der Waals surface area contributed by atoms with Gasteiger partial charge in [-0.25, -0.2) is 0 Å². The van der Waals surface area contributed by atoms with Crippen molar-refractivity contribution in [2.45, 2.75) is 33.3 Å². The van der Waals surface area contributed by atoms with Crippen LogP contribution in [0.4, 0.5) is 0 Å². The van der Waals surface area contributed by atoms with E-state index in [1.54, 1.807) is 0 Å². The van der Waals surface area contributed by atoms with Crippen LogP contribution in [0.25, 0.3) is 0 Å². The van der Waals surface area contributed by atoms with Crippen molar-refractivity contribution in [3.8, 4) is 0 Å². The predicted octanol–water partition coefficient (Wildman–Crippen LogP) is 3.02. The molecule has 1 aromatic carbocycles. The third-order valence-electron chi connectivity index (χ3n) is 2.12. The zero-order valence-corrected chi connectivity index (χ0v) is 8.95. The number of hydrogen-bond donors (Lipinski definition) is 0. The molecule has 0 aliphatic rings.